The third-order valence-corrected chi connectivity index (χ3v) is 4.76. The maximum Gasteiger partial charge on any atom is 0.203 e. The summed E-state index contributed by atoms with van der Waals surface area (Å²) in [4.78, 5) is 2.23. The highest BCUT2D eigenvalue weighted by Crippen LogP contribution is 2.14. The van der Waals surface area contributed by atoms with E-state index in [9.17, 15) is 0 Å². The molecule has 0 aliphatic carbocycles. The minimum atomic E-state index is 0.660. The number of hydrogen-bond acceptors (Lipinski definition) is 3. The Kier molecular flexibility index (Phi) is 5.16. The Labute approximate surface area is 154 Å². The topological polar surface area (TPSA) is 26.0 Å². The van der Waals surface area contributed by atoms with Crippen molar-refractivity contribution in [2.75, 3.05) is 7.05 Å². The van der Waals surface area contributed by atoms with Crippen molar-refractivity contribution in [1.82, 2.24) is 19.2 Å². The molecule has 4 nitrogen and oxygen atoms in total. The van der Waals surface area contributed by atoms with Gasteiger partial charge in [0.15, 0.2) is 0 Å². The van der Waals surface area contributed by atoms with Crippen LogP contribution in [0.5, 0.6) is 0 Å². The lowest BCUT2D eigenvalue weighted by molar-refractivity contribution is 0.243. The maximum atomic E-state index is 5.67. The fraction of sp³-hybridized carbons (Fsp3) is 0.300. The van der Waals surface area contributed by atoms with Crippen molar-refractivity contribution in [2.24, 2.45) is 0 Å². The van der Waals surface area contributed by atoms with Gasteiger partial charge < -0.3 is 0 Å². The van der Waals surface area contributed by atoms with Gasteiger partial charge in [0.05, 0.1) is 6.67 Å². The molecule has 0 aliphatic heterocycles. The van der Waals surface area contributed by atoms with E-state index in [1.165, 1.54) is 16.7 Å². The fourth-order valence-electron chi connectivity index (χ4n) is 2.96. The maximum absolute atomic E-state index is 5.67. The summed E-state index contributed by atoms with van der Waals surface area (Å²) in [6.45, 7) is 7.75. The Morgan fingerprint density at radius 2 is 1.68 bits per heavy atom. The number of rotatable bonds is 5. The molecule has 3 rings (SSSR count). The minimum absolute atomic E-state index is 0.660. The molecule has 1 heterocycles. The average Bonchev–Trinajstić information content (AvgIpc) is 2.84. The molecule has 0 amide bonds. The number of nitrogens with zero attached hydrogens (tertiary/aromatic N) is 4. The van der Waals surface area contributed by atoms with Crippen molar-refractivity contribution >= 4 is 12.2 Å². The van der Waals surface area contributed by atoms with Crippen molar-refractivity contribution < 1.29 is 0 Å². The summed E-state index contributed by atoms with van der Waals surface area (Å²) in [5, 5.41) is 4.65. The van der Waals surface area contributed by atoms with Gasteiger partial charge in [0.1, 0.15) is 5.82 Å². The molecule has 0 unspecified atom stereocenters. The van der Waals surface area contributed by atoms with Gasteiger partial charge in [-0.3, -0.25) is 9.47 Å². The minimum Gasteiger partial charge on any atom is -0.283 e. The summed E-state index contributed by atoms with van der Waals surface area (Å²) in [5.74, 6) is 0.901. The van der Waals surface area contributed by atoms with Gasteiger partial charge in [-0.1, -0.05) is 42.0 Å². The standard InChI is InChI=1S/C20H24N4S/c1-15-9-11-19(12-10-15)24-17(3)21-23(20(24)25)14-22(4)13-18-8-6-5-7-16(18)2/h5-12H,13-14H2,1-4H3. The quantitative estimate of drug-likeness (QED) is 0.636. The van der Waals surface area contributed by atoms with E-state index in [4.69, 9.17) is 12.2 Å². The van der Waals surface area contributed by atoms with Gasteiger partial charge in [-0.25, -0.2) is 4.68 Å². The normalized spacial score (nSPS) is 11.2. The van der Waals surface area contributed by atoms with Crippen LogP contribution in [0.25, 0.3) is 5.69 Å². The van der Waals surface area contributed by atoms with Gasteiger partial charge in [-0.15, -0.1) is 0 Å². The van der Waals surface area contributed by atoms with Gasteiger partial charge in [0, 0.05) is 12.2 Å². The van der Waals surface area contributed by atoms with Crippen LogP contribution in [0.1, 0.15) is 22.5 Å². The summed E-state index contributed by atoms with van der Waals surface area (Å²) < 4.78 is 4.64. The first kappa shape index (κ1) is 17.6. The van der Waals surface area contributed by atoms with Gasteiger partial charge in [-0.05, 0) is 63.3 Å². The van der Waals surface area contributed by atoms with Crippen LogP contribution in [0.4, 0.5) is 0 Å². The highest BCUT2D eigenvalue weighted by atomic mass is 32.1. The third kappa shape index (κ3) is 3.89. The lowest BCUT2D eigenvalue weighted by Gasteiger charge is -2.17. The SMILES string of the molecule is Cc1ccc(-n2c(C)nn(CN(C)Cc3ccccc3C)c2=S)cc1. The van der Waals surface area contributed by atoms with E-state index in [2.05, 4.69) is 79.4 Å². The molecule has 0 N–H and O–H groups in total. The zero-order chi connectivity index (χ0) is 18.0. The summed E-state index contributed by atoms with van der Waals surface area (Å²) in [6, 6.07) is 16.8. The molecule has 25 heavy (non-hydrogen) atoms. The summed E-state index contributed by atoms with van der Waals surface area (Å²) in [6.07, 6.45) is 0. The molecule has 1 aromatic heterocycles. The molecule has 5 heteroatoms. The molecule has 0 saturated carbocycles. The molecule has 130 valence electrons. The molecular weight excluding hydrogens is 328 g/mol. The molecule has 0 bridgehead atoms. The second-order valence-corrected chi connectivity index (χ2v) is 6.95. The molecule has 2 aromatic carbocycles. The van der Waals surface area contributed by atoms with Gasteiger partial charge >= 0.3 is 0 Å². The molecule has 0 radical (unpaired) electrons. The van der Waals surface area contributed by atoms with Crippen molar-refractivity contribution in [2.45, 2.75) is 34.0 Å². The van der Waals surface area contributed by atoms with Crippen LogP contribution in [0.3, 0.4) is 0 Å². The number of aryl methyl sites for hydroxylation is 3. The van der Waals surface area contributed by atoms with Crippen LogP contribution in [-0.4, -0.2) is 26.3 Å². The fourth-order valence-corrected chi connectivity index (χ4v) is 3.29. The summed E-state index contributed by atoms with van der Waals surface area (Å²) in [5.41, 5.74) is 4.92. The molecule has 0 atom stereocenters. The van der Waals surface area contributed by atoms with E-state index in [1.54, 1.807) is 0 Å². The first-order chi connectivity index (χ1) is 12.0. The van der Waals surface area contributed by atoms with Crippen LogP contribution < -0.4 is 0 Å². The van der Waals surface area contributed by atoms with Crippen LogP contribution in [0.15, 0.2) is 48.5 Å². The van der Waals surface area contributed by atoms with Crippen molar-refractivity contribution in [3.63, 3.8) is 0 Å². The lowest BCUT2D eigenvalue weighted by Crippen LogP contribution is -2.23. The lowest BCUT2D eigenvalue weighted by atomic mass is 10.1. The van der Waals surface area contributed by atoms with Crippen LogP contribution in [-0.2, 0) is 13.2 Å². The van der Waals surface area contributed by atoms with Crippen LogP contribution in [0, 0.1) is 25.5 Å². The average molecular weight is 353 g/mol. The van der Waals surface area contributed by atoms with E-state index in [-0.39, 0.29) is 0 Å². The monoisotopic (exact) mass is 352 g/mol. The predicted octanol–water partition coefficient (Wildman–Crippen LogP) is 4.42. The van der Waals surface area contributed by atoms with Crippen LogP contribution >= 0.6 is 12.2 Å². The Morgan fingerprint density at radius 3 is 2.36 bits per heavy atom. The molecule has 0 spiro atoms. The first-order valence-electron chi connectivity index (χ1n) is 8.42. The van der Waals surface area contributed by atoms with Gasteiger partial charge in [0.2, 0.25) is 4.77 Å². The third-order valence-electron chi connectivity index (χ3n) is 4.37. The molecule has 0 saturated heterocycles. The summed E-state index contributed by atoms with van der Waals surface area (Å²) in [7, 11) is 2.09. The van der Waals surface area contributed by atoms with E-state index >= 15 is 0 Å². The molecule has 3 aromatic rings. The molecule has 0 aliphatic rings. The summed E-state index contributed by atoms with van der Waals surface area (Å²) >= 11 is 5.67. The van der Waals surface area contributed by atoms with Crippen molar-refractivity contribution in [1.29, 1.82) is 0 Å². The zero-order valence-corrected chi connectivity index (χ0v) is 16.0. The van der Waals surface area contributed by atoms with E-state index in [0.29, 0.717) is 6.67 Å². The highest BCUT2D eigenvalue weighted by molar-refractivity contribution is 7.71. The zero-order valence-electron chi connectivity index (χ0n) is 15.2. The number of hydrogen-bond donors (Lipinski definition) is 0. The molecular formula is C20H24N4S. The number of benzene rings is 2. The Morgan fingerprint density at radius 1 is 1.00 bits per heavy atom. The van der Waals surface area contributed by atoms with Crippen molar-refractivity contribution in [3.8, 4) is 5.69 Å². The smallest absolute Gasteiger partial charge is 0.203 e. The Hall–Kier alpha value is -2.24. The largest absolute Gasteiger partial charge is 0.283 e. The second kappa shape index (κ2) is 7.33. The molecule has 0 fully saturated rings. The van der Waals surface area contributed by atoms with E-state index in [1.807, 2.05) is 16.2 Å². The Bertz CT molecular complexity index is 922. The Balaban J connectivity index is 1.82. The van der Waals surface area contributed by atoms with Crippen LogP contribution in [0.2, 0.25) is 0 Å². The van der Waals surface area contributed by atoms with Gasteiger partial charge in [0.25, 0.3) is 0 Å². The highest BCUT2D eigenvalue weighted by Gasteiger charge is 2.11. The van der Waals surface area contributed by atoms with Crippen molar-refractivity contribution in [3.05, 3.63) is 75.8 Å². The van der Waals surface area contributed by atoms with E-state index in [0.717, 1.165) is 22.8 Å². The van der Waals surface area contributed by atoms with E-state index < -0.39 is 0 Å². The first-order valence-corrected chi connectivity index (χ1v) is 8.83. The second-order valence-electron chi connectivity index (χ2n) is 6.58. The predicted molar refractivity (Wildman–Crippen MR) is 105 cm³/mol. The van der Waals surface area contributed by atoms with Gasteiger partial charge in [-0.2, -0.15) is 5.10 Å². The number of aromatic nitrogens is 3.